The molecule has 1 amide bonds. The highest BCUT2D eigenvalue weighted by atomic mass is 19.1. The molecule has 0 bridgehead atoms. The lowest BCUT2D eigenvalue weighted by Gasteiger charge is -2.35. The van der Waals surface area contributed by atoms with Gasteiger partial charge in [-0.05, 0) is 48.5 Å². The minimum atomic E-state index is -0.380. The smallest absolute Gasteiger partial charge is 0.244 e. The van der Waals surface area contributed by atoms with E-state index in [2.05, 4.69) is 29.9 Å². The number of aromatic nitrogens is 7. The summed E-state index contributed by atoms with van der Waals surface area (Å²) in [4.78, 5) is 34.4. The van der Waals surface area contributed by atoms with Crippen molar-refractivity contribution in [2.24, 2.45) is 0 Å². The Balaban J connectivity index is 1.11. The van der Waals surface area contributed by atoms with Crippen molar-refractivity contribution in [2.75, 3.05) is 37.7 Å². The van der Waals surface area contributed by atoms with Crippen LogP contribution in [0, 0.1) is 11.6 Å². The second kappa shape index (κ2) is 12.1. The van der Waals surface area contributed by atoms with Gasteiger partial charge in [0.2, 0.25) is 11.8 Å². The van der Waals surface area contributed by atoms with E-state index >= 15 is 0 Å². The number of halogens is 2. The van der Waals surface area contributed by atoms with E-state index in [9.17, 15) is 13.6 Å². The molecule has 0 radical (unpaired) electrons. The molecule has 1 fully saturated rings. The van der Waals surface area contributed by atoms with Crippen LogP contribution in [0.3, 0.4) is 0 Å². The Kier molecular flexibility index (Phi) is 7.79. The third-order valence-corrected chi connectivity index (χ3v) is 6.90. The van der Waals surface area contributed by atoms with E-state index in [0.717, 1.165) is 5.82 Å². The first-order chi connectivity index (χ1) is 20.5. The van der Waals surface area contributed by atoms with Crippen molar-refractivity contribution in [2.45, 2.75) is 13.1 Å². The highest BCUT2D eigenvalue weighted by Gasteiger charge is 2.24. The van der Waals surface area contributed by atoms with E-state index in [0.29, 0.717) is 68.0 Å². The quantitative estimate of drug-likeness (QED) is 0.265. The molecule has 3 aromatic heterocycles. The first-order valence-corrected chi connectivity index (χ1v) is 13.4. The largest absolute Gasteiger partial charge is 0.476 e. The van der Waals surface area contributed by atoms with Gasteiger partial charge in [-0.3, -0.25) is 4.79 Å². The molecular weight excluding hydrogens is 544 g/mol. The number of carbonyl (C=O) groups excluding carboxylic acids is 1. The lowest BCUT2D eigenvalue weighted by atomic mass is 10.2. The van der Waals surface area contributed by atoms with Crippen LogP contribution in [0.25, 0.3) is 22.8 Å². The van der Waals surface area contributed by atoms with Gasteiger partial charge in [-0.1, -0.05) is 0 Å². The highest BCUT2D eigenvalue weighted by Crippen LogP contribution is 2.24. The summed E-state index contributed by atoms with van der Waals surface area (Å²) >= 11 is 0. The van der Waals surface area contributed by atoms with E-state index in [-0.39, 0.29) is 24.1 Å². The molecule has 0 saturated carbocycles. The van der Waals surface area contributed by atoms with Crippen molar-refractivity contribution in [3.8, 4) is 28.7 Å². The zero-order chi connectivity index (χ0) is 28.9. The van der Waals surface area contributed by atoms with E-state index in [1.165, 1.54) is 35.3 Å². The number of hydrogen-bond acceptors (Lipinski definition) is 8. The van der Waals surface area contributed by atoms with Crippen molar-refractivity contribution < 1.29 is 18.3 Å². The molecule has 13 heteroatoms. The van der Waals surface area contributed by atoms with E-state index in [4.69, 9.17) is 4.74 Å². The number of carbonyl (C=O) groups is 1. The van der Waals surface area contributed by atoms with E-state index in [1.807, 2.05) is 10.8 Å². The third-order valence-electron chi connectivity index (χ3n) is 6.90. The molecule has 2 aromatic carbocycles. The van der Waals surface area contributed by atoms with Crippen LogP contribution in [0.15, 0.2) is 79.6 Å². The molecule has 42 heavy (non-hydrogen) atoms. The predicted molar refractivity (Wildman–Crippen MR) is 149 cm³/mol. The fourth-order valence-corrected chi connectivity index (χ4v) is 4.66. The SMILES string of the molecule is O=C(Cn1nc(-c2ccc(F)cc2)nc1-c1ccc(F)cc1)N1CCN(c2cc(OCCn3ccnc3)ncn2)CC1. The molecule has 214 valence electrons. The topological polar surface area (TPSA) is 107 Å². The monoisotopic (exact) mass is 571 g/mol. The van der Waals surface area contributed by atoms with Crippen molar-refractivity contribution >= 4 is 11.7 Å². The zero-order valence-corrected chi connectivity index (χ0v) is 22.6. The van der Waals surface area contributed by atoms with Crippen LogP contribution in [0.1, 0.15) is 0 Å². The first-order valence-electron chi connectivity index (χ1n) is 13.4. The van der Waals surface area contributed by atoms with Crippen LogP contribution in [0.5, 0.6) is 5.88 Å². The summed E-state index contributed by atoms with van der Waals surface area (Å²) in [6.45, 7) is 3.19. The molecule has 11 nitrogen and oxygen atoms in total. The predicted octanol–water partition coefficient (Wildman–Crippen LogP) is 3.30. The summed E-state index contributed by atoms with van der Waals surface area (Å²) in [5, 5.41) is 4.55. The molecule has 5 aromatic rings. The minimum absolute atomic E-state index is 0.0523. The average Bonchev–Trinajstić information content (AvgIpc) is 3.69. The Morgan fingerprint density at radius 2 is 1.62 bits per heavy atom. The maximum Gasteiger partial charge on any atom is 0.244 e. The Bertz CT molecular complexity index is 1630. The van der Waals surface area contributed by atoms with Gasteiger partial charge in [0.25, 0.3) is 0 Å². The Morgan fingerprint density at radius 1 is 0.905 bits per heavy atom. The number of nitrogens with zero attached hydrogens (tertiary/aromatic N) is 9. The molecule has 1 aliphatic rings. The molecule has 0 atom stereocenters. The normalized spacial score (nSPS) is 13.4. The number of hydrogen-bond donors (Lipinski definition) is 0. The van der Waals surface area contributed by atoms with E-state index in [1.54, 1.807) is 47.8 Å². The number of anilines is 1. The van der Waals surface area contributed by atoms with Crippen molar-refractivity contribution in [1.29, 1.82) is 0 Å². The number of rotatable bonds is 9. The molecule has 1 aliphatic heterocycles. The molecule has 0 aliphatic carbocycles. The second-order valence-corrected chi connectivity index (χ2v) is 9.66. The van der Waals surface area contributed by atoms with Gasteiger partial charge in [-0.2, -0.15) is 0 Å². The number of imidazole rings is 1. The minimum Gasteiger partial charge on any atom is -0.476 e. The third kappa shape index (κ3) is 6.24. The second-order valence-electron chi connectivity index (χ2n) is 9.66. The van der Waals surface area contributed by atoms with Crippen molar-refractivity contribution in [1.82, 2.24) is 39.2 Å². The standard InChI is InChI=1S/C29H27F2N9O2/c30-23-5-1-21(2-6-23)28-35-29(22-3-7-24(31)8-4-22)40(36-28)18-27(41)39-13-11-38(12-14-39)25-17-26(34-19-33-25)42-16-15-37-10-9-32-20-37/h1-10,17,19-20H,11-16,18H2. The van der Waals surface area contributed by atoms with Gasteiger partial charge in [0.15, 0.2) is 11.6 Å². The van der Waals surface area contributed by atoms with Crippen LogP contribution < -0.4 is 9.64 Å². The number of ether oxygens (including phenoxy) is 1. The first kappa shape index (κ1) is 27.0. The lowest BCUT2D eigenvalue weighted by molar-refractivity contribution is -0.132. The van der Waals surface area contributed by atoms with Gasteiger partial charge in [-0.15, -0.1) is 5.10 Å². The van der Waals surface area contributed by atoms with Gasteiger partial charge < -0.3 is 19.1 Å². The number of amides is 1. The summed E-state index contributed by atoms with van der Waals surface area (Å²) in [7, 11) is 0. The molecule has 4 heterocycles. The molecule has 1 saturated heterocycles. The summed E-state index contributed by atoms with van der Waals surface area (Å²) < 4.78 is 36.3. The molecule has 6 rings (SSSR count). The van der Waals surface area contributed by atoms with Crippen LogP contribution >= 0.6 is 0 Å². The number of benzene rings is 2. The van der Waals surface area contributed by atoms with Gasteiger partial charge in [0.1, 0.15) is 36.9 Å². The van der Waals surface area contributed by atoms with Crippen LogP contribution in [0.4, 0.5) is 14.6 Å². The Labute approximate surface area is 240 Å². The molecule has 0 unspecified atom stereocenters. The summed E-state index contributed by atoms with van der Waals surface area (Å²) in [6, 6.07) is 13.4. The zero-order valence-electron chi connectivity index (χ0n) is 22.6. The molecule has 0 N–H and O–H groups in total. The molecular formula is C29H27F2N9O2. The highest BCUT2D eigenvalue weighted by molar-refractivity contribution is 5.77. The van der Waals surface area contributed by atoms with Crippen molar-refractivity contribution in [3.63, 3.8) is 0 Å². The van der Waals surface area contributed by atoms with Gasteiger partial charge in [-0.25, -0.2) is 33.4 Å². The Morgan fingerprint density at radius 3 is 2.31 bits per heavy atom. The van der Waals surface area contributed by atoms with Crippen molar-refractivity contribution in [3.05, 3.63) is 91.3 Å². The lowest BCUT2D eigenvalue weighted by Crippen LogP contribution is -2.50. The van der Waals surface area contributed by atoms with Crippen LogP contribution in [-0.4, -0.2) is 77.9 Å². The summed E-state index contributed by atoms with van der Waals surface area (Å²) in [5.74, 6) is 1.10. The van der Waals surface area contributed by atoms with Gasteiger partial charge >= 0.3 is 0 Å². The maximum atomic E-state index is 13.6. The Hall–Kier alpha value is -5.20. The van der Waals surface area contributed by atoms with Gasteiger partial charge in [0.05, 0.1) is 12.9 Å². The van der Waals surface area contributed by atoms with E-state index < -0.39 is 0 Å². The van der Waals surface area contributed by atoms with Crippen LogP contribution in [0.2, 0.25) is 0 Å². The fourth-order valence-electron chi connectivity index (χ4n) is 4.66. The fraction of sp³-hybridized carbons (Fsp3) is 0.241. The number of piperazine rings is 1. The average molecular weight is 572 g/mol. The maximum absolute atomic E-state index is 13.6. The summed E-state index contributed by atoms with van der Waals surface area (Å²) in [5.41, 5.74) is 1.22. The summed E-state index contributed by atoms with van der Waals surface area (Å²) in [6.07, 6.45) is 6.79. The molecule has 0 spiro atoms. The van der Waals surface area contributed by atoms with Gasteiger partial charge in [0, 0.05) is 55.8 Å². The van der Waals surface area contributed by atoms with Crippen LogP contribution in [-0.2, 0) is 17.9 Å².